The average Bonchev–Trinajstić information content (AvgIpc) is 2.39. The molecular weight excluding hydrogens is 242 g/mol. The standard InChI is InChI=1S/C11H14ClN3O2/c1-13-11(16)9-7-17-5-4-15(9)10-3-2-8(12)6-14-10/h2-3,6,9H,4-5,7H2,1H3,(H,13,16). The molecule has 1 saturated heterocycles. The van der Waals surface area contributed by atoms with E-state index in [-0.39, 0.29) is 11.9 Å². The van der Waals surface area contributed by atoms with E-state index in [4.69, 9.17) is 16.3 Å². The van der Waals surface area contributed by atoms with E-state index in [1.54, 1.807) is 19.3 Å². The van der Waals surface area contributed by atoms with Crippen molar-refractivity contribution in [3.63, 3.8) is 0 Å². The first-order chi connectivity index (χ1) is 8.22. The Bertz CT molecular complexity index is 396. The summed E-state index contributed by atoms with van der Waals surface area (Å²) in [4.78, 5) is 17.9. The predicted octanol–water partition coefficient (Wildman–Crippen LogP) is 0.686. The number of amides is 1. The third-order valence-corrected chi connectivity index (χ3v) is 2.91. The minimum atomic E-state index is -0.331. The Labute approximate surface area is 105 Å². The third-order valence-electron chi connectivity index (χ3n) is 2.68. The maximum Gasteiger partial charge on any atom is 0.244 e. The zero-order valence-electron chi connectivity index (χ0n) is 9.52. The smallest absolute Gasteiger partial charge is 0.244 e. The van der Waals surface area contributed by atoms with Gasteiger partial charge in [0.25, 0.3) is 0 Å². The van der Waals surface area contributed by atoms with Crippen LogP contribution in [-0.4, -0.2) is 43.7 Å². The minimum absolute atomic E-state index is 0.0681. The first-order valence-corrected chi connectivity index (χ1v) is 5.77. The molecule has 2 heterocycles. The Hall–Kier alpha value is -1.33. The Morgan fingerprint density at radius 3 is 3.12 bits per heavy atom. The Morgan fingerprint density at radius 1 is 1.65 bits per heavy atom. The van der Waals surface area contributed by atoms with Crippen molar-refractivity contribution in [3.8, 4) is 0 Å². The van der Waals surface area contributed by atoms with Crippen LogP contribution in [0.1, 0.15) is 0 Å². The molecule has 1 fully saturated rings. The molecule has 1 atom stereocenters. The van der Waals surface area contributed by atoms with Gasteiger partial charge in [0.15, 0.2) is 0 Å². The van der Waals surface area contributed by atoms with Crippen LogP contribution in [0.25, 0.3) is 0 Å². The zero-order valence-corrected chi connectivity index (χ0v) is 10.3. The maximum atomic E-state index is 11.7. The molecule has 0 aromatic carbocycles. The summed E-state index contributed by atoms with van der Waals surface area (Å²) in [6.45, 7) is 1.62. The molecule has 5 nitrogen and oxygen atoms in total. The number of morpholine rings is 1. The highest BCUT2D eigenvalue weighted by atomic mass is 35.5. The van der Waals surface area contributed by atoms with E-state index >= 15 is 0 Å². The molecule has 1 aromatic rings. The van der Waals surface area contributed by atoms with Crippen molar-refractivity contribution in [2.24, 2.45) is 0 Å². The summed E-state index contributed by atoms with van der Waals surface area (Å²) in [5.74, 6) is 0.674. The Balaban J connectivity index is 2.21. The Morgan fingerprint density at radius 2 is 2.47 bits per heavy atom. The van der Waals surface area contributed by atoms with Gasteiger partial charge in [-0.05, 0) is 12.1 Å². The number of halogens is 1. The summed E-state index contributed by atoms with van der Waals surface area (Å²) in [5, 5.41) is 3.21. The van der Waals surface area contributed by atoms with Crippen LogP contribution >= 0.6 is 11.6 Å². The molecule has 0 saturated carbocycles. The van der Waals surface area contributed by atoms with Gasteiger partial charge < -0.3 is 15.0 Å². The van der Waals surface area contributed by atoms with Gasteiger partial charge in [-0.2, -0.15) is 0 Å². The van der Waals surface area contributed by atoms with Gasteiger partial charge in [-0.15, -0.1) is 0 Å². The molecule has 1 N–H and O–H groups in total. The van der Waals surface area contributed by atoms with Crippen molar-refractivity contribution in [1.29, 1.82) is 0 Å². The molecule has 0 bridgehead atoms. The van der Waals surface area contributed by atoms with Gasteiger partial charge >= 0.3 is 0 Å². The number of rotatable bonds is 2. The number of carbonyl (C=O) groups is 1. The second kappa shape index (κ2) is 5.33. The Kier molecular flexibility index (Phi) is 3.81. The third kappa shape index (κ3) is 2.68. The van der Waals surface area contributed by atoms with Crippen LogP contribution < -0.4 is 10.2 Å². The molecule has 1 amide bonds. The predicted molar refractivity (Wildman–Crippen MR) is 65.3 cm³/mol. The molecule has 1 aromatic heterocycles. The van der Waals surface area contributed by atoms with Gasteiger partial charge in [0.05, 0.1) is 18.2 Å². The lowest BCUT2D eigenvalue weighted by Gasteiger charge is -2.35. The van der Waals surface area contributed by atoms with Crippen molar-refractivity contribution >= 4 is 23.3 Å². The van der Waals surface area contributed by atoms with Crippen molar-refractivity contribution < 1.29 is 9.53 Å². The largest absolute Gasteiger partial charge is 0.377 e. The molecule has 1 unspecified atom stereocenters. The summed E-state index contributed by atoms with van der Waals surface area (Å²) >= 11 is 5.79. The molecule has 1 aliphatic heterocycles. The second-order valence-electron chi connectivity index (χ2n) is 3.73. The quantitative estimate of drug-likeness (QED) is 0.845. The van der Waals surface area contributed by atoms with Crippen LogP contribution in [0.4, 0.5) is 5.82 Å². The highest BCUT2D eigenvalue weighted by Gasteiger charge is 2.29. The molecule has 1 aliphatic rings. The van der Waals surface area contributed by atoms with Gasteiger partial charge in [0, 0.05) is 19.8 Å². The van der Waals surface area contributed by atoms with Crippen molar-refractivity contribution in [2.75, 3.05) is 31.7 Å². The molecule has 0 radical (unpaired) electrons. The van der Waals surface area contributed by atoms with Crippen LogP contribution in [-0.2, 0) is 9.53 Å². The van der Waals surface area contributed by atoms with Crippen LogP contribution in [0.15, 0.2) is 18.3 Å². The maximum absolute atomic E-state index is 11.7. The molecular formula is C11H14ClN3O2. The summed E-state index contributed by atoms with van der Waals surface area (Å²) in [6, 6.07) is 3.24. The summed E-state index contributed by atoms with van der Waals surface area (Å²) in [7, 11) is 1.62. The number of hydrogen-bond acceptors (Lipinski definition) is 4. The van der Waals surface area contributed by atoms with E-state index in [1.807, 2.05) is 11.0 Å². The first kappa shape index (κ1) is 12.1. The van der Waals surface area contributed by atoms with Gasteiger partial charge in [0.1, 0.15) is 11.9 Å². The number of hydrogen-bond donors (Lipinski definition) is 1. The van der Waals surface area contributed by atoms with Crippen LogP contribution in [0.2, 0.25) is 5.02 Å². The van der Waals surface area contributed by atoms with E-state index in [9.17, 15) is 4.79 Å². The van der Waals surface area contributed by atoms with Crippen LogP contribution in [0, 0.1) is 0 Å². The lowest BCUT2D eigenvalue weighted by molar-refractivity contribution is -0.124. The van der Waals surface area contributed by atoms with E-state index in [0.29, 0.717) is 24.8 Å². The first-order valence-electron chi connectivity index (χ1n) is 5.40. The number of ether oxygens (including phenoxy) is 1. The number of likely N-dealkylation sites (N-methyl/N-ethyl adjacent to an activating group) is 1. The van der Waals surface area contributed by atoms with Crippen LogP contribution in [0.5, 0.6) is 0 Å². The molecule has 2 rings (SSSR count). The number of nitrogens with one attached hydrogen (secondary N) is 1. The fourth-order valence-electron chi connectivity index (χ4n) is 1.80. The van der Waals surface area contributed by atoms with Gasteiger partial charge in [-0.1, -0.05) is 11.6 Å². The SMILES string of the molecule is CNC(=O)C1COCCN1c1ccc(Cl)cn1. The van der Waals surface area contributed by atoms with E-state index < -0.39 is 0 Å². The topological polar surface area (TPSA) is 54.5 Å². The molecule has 0 spiro atoms. The van der Waals surface area contributed by atoms with Crippen molar-refractivity contribution in [3.05, 3.63) is 23.4 Å². The number of aromatic nitrogens is 1. The summed E-state index contributed by atoms with van der Waals surface area (Å²) < 4.78 is 5.32. The minimum Gasteiger partial charge on any atom is -0.377 e. The second-order valence-corrected chi connectivity index (χ2v) is 4.17. The molecule has 0 aliphatic carbocycles. The lowest BCUT2D eigenvalue weighted by atomic mass is 10.2. The van der Waals surface area contributed by atoms with E-state index in [0.717, 1.165) is 5.82 Å². The lowest BCUT2D eigenvalue weighted by Crippen LogP contribution is -2.53. The van der Waals surface area contributed by atoms with Crippen LogP contribution in [0.3, 0.4) is 0 Å². The number of anilines is 1. The monoisotopic (exact) mass is 255 g/mol. The van der Waals surface area contributed by atoms with Crippen molar-refractivity contribution in [2.45, 2.75) is 6.04 Å². The van der Waals surface area contributed by atoms with Gasteiger partial charge in [-0.3, -0.25) is 4.79 Å². The van der Waals surface area contributed by atoms with Gasteiger partial charge in [0.2, 0.25) is 5.91 Å². The number of pyridine rings is 1. The average molecular weight is 256 g/mol. The fourth-order valence-corrected chi connectivity index (χ4v) is 1.91. The van der Waals surface area contributed by atoms with E-state index in [2.05, 4.69) is 10.3 Å². The number of nitrogens with zero attached hydrogens (tertiary/aromatic N) is 2. The zero-order chi connectivity index (χ0) is 12.3. The normalized spacial score (nSPS) is 20.1. The fraction of sp³-hybridized carbons (Fsp3) is 0.455. The highest BCUT2D eigenvalue weighted by Crippen LogP contribution is 2.19. The molecule has 17 heavy (non-hydrogen) atoms. The summed E-state index contributed by atoms with van der Waals surface area (Å²) in [5.41, 5.74) is 0. The van der Waals surface area contributed by atoms with E-state index in [1.165, 1.54) is 0 Å². The highest BCUT2D eigenvalue weighted by molar-refractivity contribution is 6.30. The number of carbonyl (C=O) groups excluding carboxylic acids is 1. The summed E-state index contributed by atoms with van der Waals surface area (Å²) in [6.07, 6.45) is 1.58. The van der Waals surface area contributed by atoms with Crippen molar-refractivity contribution in [1.82, 2.24) is 10.3 Å². The molecule has 6 heteroatoms. The molecule has 92 valence electrons. The van der Waals surface area contributed by atoms with Gasteiger partial charge in [-0.25, -0.2) is 4.98 Å².